The highest BCUT2D eigenvalue weighted by molar-refractivity contribution is 5.77. The Kier molecular flexibility index (Phi) is 2.90. The second kappa shape index (κ2) is 3.94. The lowest BCUT2D eigenvalue weighted by Crippen LogP contribution is -2.14. The molecule has 13 heavy (non-hydrogen) atoms. The molecule has 0 aliphatic carbocycles. The van der Waals surface area contributed by atoms with Crippen molar-refractivity contribution in [2.75, 3.05) is 7.11 Å². The quantitative estimate of drug-likeness (QED) is 0.753. The Labute approximate surface area is 77.5 Å². The molecule has 0 atom stereocenters. The maximum absolute atomic E-state index is 10.7. The van der Waals surface area contributed by atoms with Gasteiger partial charge in [0.15, 0.2) is 0 Å². The summed E-state index contributed by atoms with van der Waals surface area (Å²) in [5.74, 6) is 0.429. The molecule has 0 fully saturated rings. The zero-order valence-electron chi connectivity index (χ0n) is 7.83. The van der Waals surface area contributed by atoms with E-state index in [0.29, 0.717) is 0 Å². The molecule has 0 unspecified atom stereocenters. The Bertz CT molecular complexity index is 321. The first kappa shape index (κ1) is 9.58. The van der Waals surface area contributed by atoms with Gasteiger partial charge in [-0.1, -0.05) is 6.07 Å². The molecule has 2 N–H and O–H groups in total. The number of methoxy groups -OCH3 is 1. The Hall–Kier alpha value is -1.51. The number of nitrogens with two attached hydrogens (primary N) is 1. The maximum Gasteiger partial charge on any atom is 0.221 e. The van der Waals surface area contributed by atoms with Crippen LogP contribution in [0.4, 0.5) is 0 Å². The largest absolute Gasteiger partial charge is 0.497 e. The number of carbonyl (C=O) groups is 1. The Morgan fingerprint density at radius 3 is 2.77 bits per heavy atom. The van der Waals surface area contributed by atoms with E-state index in [9.17, 15) is 4.79 Å². The summed E-state index contributed by atoms with van der Waals surface area (Å²) in [6.07, 6.45) is 0.267. The molecule has 0 radical (unpaired) electrons. The van der Waals surface area contributed by atoms with Crippen molar-refractivity contribution in [1.82, 2.24) is 0 Å². The summed E-state index contributed by atoms with van der Waals surface area (Å²) in [5, 5.41) is 0. The van der Waals surface area contributed by atoms with Crippen molar-refractivity contribution in [3.63, 3.8) is 0 Å². The fraction of sp³-hybridized carbons (Fsp3) is 0.300. The van der Waals surface area contributed by atoms with E-state index in [1.54, 1.807) is 7.11 Å². The van der Waals surface area contributed by atoms with Crippen LogP contribution in [0.25, 0.3) is 0 Å². The first-order valence-corrected chi connectivity index (χ1v) is 4.05. The minimum Gasteiger partial charge on any atom is -0.497 e. The van der Waals surface area contributed by atoms with E-state index in [0.717, 1.165) is 16.9 Å². The summed E-state index contributed by atoms with van der Waals surface area (Å²) in [5.41, 5.74) is 7.08. The van der Waals surface area contributed by atoms with Gasteiger partial charge in [-0.3, -0.25) is 4.79 Å². The third kappa shape index (κ3) is 2.47. The Balaban J connectivity index is 2.96. The van der Waals surface area contributed by atoms with Crippen molar-refractivity contribution in [3.8, 4) is 5.75 Å². The molecular formula is C10H13NO2. The van der Waals surface area contributed by atoms with Crippen LogP contribution in [0.1, 0.15) is 11.1 Å². The average molecular weight is 179 g/mol. The van der Waals surface area contributed by atoms with Crippen LogP contribution < -0.4 is 10.5 Å². The second-order valence-corrected chi connectivity index (χ2v) is 2.94. The van der Waals surface area contributed by atoms with Crippen molar-refractivity contribution in [2.45, 2.75) is 13.3 Å². The highest BCUT2D eigenvalue weighted by Crippen LogP contribution is 2.17. The maximum atomic E-state index is 10.7. The fourth-order valence-corrected chi connectivity index (χ4v) is 1.15. The van der Waals surface area contributed by atoms with Gasteiger partial charge in [-0.25, -0.2) is 0 Å². The number of benzene rings is 1. The molecule has 70 valence electrons. The average Bonchev–Trinajstić information content (AvgIpc) is 2.08. The van der Waals surface area contributed by atoms with Crippen LogP contribution in [-0.4, -0.2) is 13.0 Å². The summed E-state index contributed by atoms with van der Waals surface area (Å²) >= 11 is 0. The van der Waals surface area contributed by atoms with Gasteiger partial charge >= 0.3 is 0 Å². The Morgan fingerprint density at radius 1 is 1.54 bits per heavy atom. The van der Waals surface area contributed by atoms with Gasteiger partial charge in [-0.15, -0.1) is 0 Å². The van der Waals surface area contributed by atoms with E-state index in [2.05, 4.69) is 0 Å². The Morgan fingerprint density at radius 2 is 2.23 bits per heavy atom. The van der Waals surface area contributed by atoms with Gasteiger partial charge in [0.1, 0.15) is 5.75 Å². The van der Waals surface area contributed by atoms with Crippen LogP contribution in [0, 0.1) is 6.92 Å². The fourth-order valence-electron chi connectivity index (χ4n) is 1.15. The highest BCUT2D eigenvalue weighted by atomic mass is 16.5. The van der Waals surface area contributed by atoms with Gasteiger partial charge in [-0.2, -0.15) is 0 Å². The van der Waals surface area contributed by atoms with Crippen LogP contribution in [0.15, 0.2) is 18.2 Å². The first-order valence-electron chi connectivity index (χ1n) is 4.05. The monoisotopic (exact) mass is 179 g/mol. The zero-order chi connectivity index (χ0) is 9.84. The molecule has 3 nitrogen and oxygen atoms in total. The normalized spacial score (nSPS) is 9.69. The third-order valence-electron chi connectivity index (χ3n) is 1.92. The molecule has 0 aromatic heterocycles. The lowest BCUT2D eigenvalue weighted by Gasteiger charge is -2.05. The standard InChI is InChI=1S/C10H13NO2/c1-7-3-4-9(13-2)5-8(7)6-10(11)12/h3-5H,6H2,1-2H3,(H2,11,12). The van der Waals surface area contributed by atoms with E-state index in [1.807, 2.05) is 25.1 Å². The number of carbonyl (C=O) groups excluding carboxylic acids is 1. The molecule has 0 aliphatic heterocycles. The molecule has 0 bridgehead atoms. The van der Waals surface area contributed by atoms with Gasteiger partial charge in [0.25, 0.3) is 0 Å². The predicted octanol–water partition coefficient (Wildman–Crippen LogP) is 1.03. The number of aryl methyl sites for hydroxylation is 1. The molecule has 0 saturated carbocycles. The van der Waals surface area contributed by atoms with Crippen molar-refractivity contribution in [1.29, 1.82) is 0 Å². The van der Waals surface area contributed by atoms with E-state index in [-0.39, 0.29) is 12.3 Å². The summed E-state index contributed by atoms with van der Waals surface area (Å²) < 4.78 is 5.04. The number of hydrogen-bond acceptors (Lipinski definition) is 2. The number of rotatable bonds is 3. The SMILES string of the molecule is COc1ccc(C)c(CC(N)=O)c1. The smallest absolute Gasteiger partial charge is 0.221 e. The zero-order valence-corrected chi connectivity index (χ0v) is 7.83. The van der Waals surface area contributed by atoms with Gasteiger partial charge in [-0.05, 0) is 30.2 Å². The van der Waals surface area contributed by atoms with Crippen LogP contribution in [0.2, 0.25) is 0 Å². The molecular weight excluding hydrogens is 166 g/mol. The van der Waals surface area contributed by atoms with Crippen molar-refractivity contribution in [2.24, 2.45) is 5.73 Å². The molecule has 1 aromatic carbocycles. The number of primary amides is 1. The molecule has 0 spiro atoms. The van der Waals surface area contributed by atoms with Gasteiger partial charge in [0.2, 0.25) is 5.91 Å². The minimum atomic E-state index is -0.323. The van der Waals surface area contributed by atoms with E-state index >= 15 is 0 Å². The molecule has 1 aromatic rings. The van der Waals surface area contributed by atoms with Crippen LogP contribution in [0.3, 0.4) is 0 Å². The lowest BCUT2D eigenvalue weighted by molar-refractivity contribution is -0.117. The van der Waals surface area contributed by atoms with Gasteiger partial charge in [0, 0.05) is 0 Å². The number of amides is 1. The van der Waals surface area contributed by atoms with Gasteiger partial charge in [0.05, 0.1) is 13.5 Å². The molecule has 3 heteroatoms. The third-order valence-corrected chi connectivity index (χ3v) is 1.92. The molecule has 0 aliphatic rings. The van der Waals surface area contributed by atoms with Crippen LogP contribution in [-0.2, 0) is 11.2 Å². The highest BCUT2D eigenvalue weighted by Gasteiger charge is 2.03. The number of hydrogen-bond donors (Lipinski definition) is 1. The van der Waals surface area contributed by atoms with Crippen molar-refractivity contribution >= 4 is 5.91 Å². The first-order chi connectivity index (χ1) is 6.13. The molecule has 0 saturated heterocycles. The van der Waals surface area contributed by atoms with Crippen molar-refractivity contribution in [3.05, 3.63) is 29.3 Å². The minimum absolute atomic E-state index is 0.267. The van der Waals surface area contributed by atoms with Gasteiger partial charge < -0.3 is 10.5 Å². The van der Waals surface area contributed by atoms with E-state index < -0.39 is 0 Å². The van der Waals surface area contributed by atoms with Crippen LogP contribution in [0.5, 0.6) is 5.75 Å². The molecule has 1 rings (SSSR count). The second-order valence-electron chi connectivity index (χ2n) is 2.94. The molecule has 1 amide bonds. The summed E-state index contributed by atoms with van der Waals surface area (Å²) in [7, 11) is 1.60. The summed E-state index contributed by atoms with van der Waals surface area (Å²) in [4.78, 5) is 10.7. The molecule has 0 heterocycles. The van der Waals surface area contributed by atoms with Crippen LogP contribution >= 0.6 is 0 Å². The van der Waals surface area contributed by atoms with Crippen molar-refractivity contribution < 1.29 is 9.53 Å². The topological polar surface area (TPSA) is 52.3 Å². The lowest BCUT2D eigenvalue weighted by atomic mass is 10.1. The predicted molar refractivity (Wildman–Crippen MR) is 50.6 cm³/mol. The summed E-state index contributed by atoms with van der Waals surface area (Å²) in [6, 6.07) is 5.61. The van der Waals surface area contributed by atoms with E-state index in [4.69, 9.17) is 10.5 Å². The number of ether oxygens (including phenoxy) is 1. The summed E-state index contributed by atoms with van der Waals surface area (Å²) in [6.45, 7) is 1.94. The van der Waals surface area contributed by atoms with E-state index in [1.165, 1.54) is 0 Å².